The first-order valence-corrected chi connectivity index (χ1v) is 7.45. The summed E-state index contributed by atoms with van der Waals surface area (Å²) < 4.78 is 22.3. The number of benzene rings is 1. The Bertz CT molecular complexity index is 675. The standard InChI is InChI=1S/C13H14BrFN2OS/c1-7(8-2-3-18-6-8)17-12-5-10(15)9(14)4-11(12)16-13(17)19/h4-5,7-8H,2-3,6H2,1H3,(H,16,19). The minimum absolute atomic E-state index is 0.198. The van der Waals surface area contributed by atoms with E-state index in [0.29, 0.717) is 15.2 Å². The van der Waals surface area contributed by atoms with Gasteiger partial charge in [-0.25, -0.2) is 4.39 Å². The zero-order chi connectivity index (χ0) is 13.6. The zero-order valence-corrected chi connectivity index (χ0v) is 12.9. The van der Waals surface area contributed by atoms with Gasteiger partial charge >= 0.3 is 0 Å². The second-order valence-electron chi connectivity index (χ2n) is 4.95. The monoisotopic (exact) mass is 344 g/mol. The lowest BCUT2D eigenvalue weighted by atomic mass is 10.0. The number of rotatable bonds is 2. The average molecular weight is 345 g/mol. The Labute approximate surface area is 123 Å². The van der Waals surface area contributed by atoms with Gasteiger partial charge in [-0.3, -0.25) is 0 Å². The molecule has 0 saturated carbocycles. The third-order valence-electron chi connectivity index (χ3n) is 3.81. The van der Waals surface area contributed by atoms with Crippen LogP contribution < -0.4 is 0 Å². The highest BCUT2D eigenvalue weighted by atomic mass is 79.9. The first kappa shape index (κ1) is 13.3. The fourth-order valence-corrected chi connectivity index (χ4v) is 3.39. The maximum atomic E-state index is 13.7. The number of aromatic amines is 1. The SMILES string of the molecule is CC(C1CCOC1)n1c(=S)[nH]c2cc(Br)c(F)cc21. The van der Waals surface area contributed by atoms with E-state index >= 15 is 0 Å². The van der Waals surface area contributed by atoms with Crippen molar-refractivity contribution in [3.8, 4) is 0 Å². The van der Waals surface area contributed by atoms with Crippen LogP contribution in [0.25, 0.3) is 11.0 Å². The molecular weight excluding hydrogens is 331 g/mol. The summed E-state index contributed by atoms with van der Waals surface area (Å²) in [6.45, 7) is 3.65. The van der Waals surface area contributed by atoms with Crippen molar-refractivity contribution in [1.29, 1.82) is 0 Å². The number of imidazole rings is 1. The second-order valence-corrected chi connectivity index (χ2v) is 6.19. The van der Waals surface area contributed by atoms with Crippen LogP contribution in [0, 0.1) is 16.5 Å². The summed E-state index contributed by atoms with van der Waals surface area (Å²) in [5.74, 6) is 0.155. The third kappa shape index (κ3) is 2.26. The van der Waals surface area contributed by atoms with Gasteiger partial charge < -0.3 is 14.3 Å². The highest BCUT2D eigenvalue weighted by Crippen LogP contribution is 2.31. The fourth-order valence-electron chi connectivity index (χ4n) is 2.67. The summed E-state index contributed by atoms with van der Waals surface area (Å²) in [5.41, 5.74) is 1.66. The van der Waals surface area contributed by atoms with Crippen molar-refractivity contribution in [2.45, 2.75) is 19.4 Å². The summed E-state index contributed by atoms with van der Waals surface area (Å²) in [4.78, 5) is 3.14. The van der Waals surface area contributed by atoms with E-state index in [9.17, 15) is 4.39 Å². The van der Waals surface area contributed by atoms with Gasteiger partial charge in [-0.15, -0.1) is 0 Å². The van der Waals surface area contributed by atoms with E-state index in [1.165, 1.54) is 6.07 Å². The lowest BCUT2D eigenvalue weighted by molar-refractivity contribution is 0.175. The van der Waals surface area contributed by atoms with Gasteiger partial charge in [0, 0.05) is 24.6 Å². The minimum atomic E-state index is -0.273. The molecule has 3 nitrogen and oxygen atoms in total. The number of ether oxygens (including phenoxy) is 1. The Morgan fingerprint density at radius 2 is 2.37 bits per heavy atom. The van der Waals surface area contributed by atoms with Crippen molar-refractivity contribution in [1.82, 2.24) is 9.55 Å². The summed E-state index contributed by atoms with van der Waals surface area (Å²) >= 11 is 8.58. The molecule has 2 aromatic rings. The van der Waals surface area contributed by atoms with Gasteiger partial charge in [-0.1, -0.05) is 0 Å². The van der Waals surface area contributed by atoms with Crippen molar-refractivity contribution >= 4 is 39.2 Å². The molecule has 3 rings (SSSR count). The van der Waals surface area contributed by atoms with Crippen LogP contribution >= 0.6 is 28.1 Å². The molecular formula is C13H14BrFN2OS. The van der Waals surface area contributed by atoms with Gasteiger partial charge in [0.05, 0.1) is 22.1 Å². The number of hydrogen-bond acceptors (Lipinski definition) is 2. The van der Waals surface area contributed by atoms with Gasteiger partial charge in [0.2, 0.25) is 0 Å². The molecule has 1 fully saturated rings. The highest BCUT2D eigenvalue weighted by Gasteiger charge is 2.25. The lowest BCUT2D eigenvalue weighted by Crippen LogP contribution is -2.16. The Balaban J connectivity index is 2.14. The third-order valence-corrected chi connectivity index (χ3v) is 4.72. The minimum Gasteiger partial charge on any atom is -0.381 e. The van der Waals surface area contributed by atoms with Gasteiger partial charge in [-0.05, 0) is 47.6 Å². The topological polar surface area (TPSA) is 29.9 Å². The molecule has 102 valence electrons. The van der Waals surface area contributed by atoms with Crippen LogP contribution in [0.15, 0.2) is 16.6 Å². The normalized spacial score (nSPS) is 21.1. The molecule has 19 heavy (non-hydrogen) atoms. The Morgan fingerprint density at radius 1 is 1.58 bits per heavy atom. The van der Waals surface area contributed by atoms with Crippen molar-refractivity contribution in [2.75, 3.05) is 13.2 Å². The fraction of sp³-hybridized carbons (Fsp3) is 0.462. The van der Waals surface area contributed by atoms with Gasteiger partial charge in [0.15, 0.2) is 4.77 Å². The molecule has 0 bridgehead atoms. The maximum absolute atomic E-state index is 13.7. The van der Waals surface area contributed by atoms with Crippen LogP contribution in [0.3, 0.4) is 0 Å². The molecule has 1 aliphatic rings. The number of nitrogens with one attached hydrogen (secondary N) is 1. The quantitative estimate of drug-likeness (QED) is 0.827. The molecule has 0 aliphatic carbocycles. The van der Waals surface area contributed by atoms with Crippen LogP contribution in [0.4, 0.5) is 4.39 Å². The highest BCUT2D eigenvalue weighted by molar-refractivity contribution is 9.10. The predicted molar refractivity (Wildman–Crippen MR) is 78.4 cm³/mol. The van der Waals surface area contributed by atoms with E-state index < -0.39 is 0 Å². The molecule has 2 heterocycles. The molecule has 6 heteroatoms. The number of hydrogen-bond donors (Lipinski definition) is 1. The smallest absolute Gasteiger partial charge is 0.178 e. The Kier molecular flexibility index (Phi) is 3.49. The van der Waals surface area contributed by atoms with E-state index in [0.717, 1.165) is 30.7 Å². The Morgan fingerprint density at radius 3 is 3.05 bits per heavy atom. The molecule has 1 saturated heterocycles. The van der Waals surface area contributed by atoms with Gasteiger partial charge in [0.25, 0.3) is 0 Å². The van der Waals surface area contributed by atoms with E-state index in [4.69, 9.17) is 17.0 Å². The van der Waals surface area contributed by atoms with Crippen LogP contribution in [0.2, 0.25) is 0 Å². The summed E-state index contributed by atoms with van der Waals surface area (Å²) in [6.07, 6.45) is 1.02. The molecule has 0 amide bonds. The van der Waals surface area contributed by atoms with Crippen LogP contribution in [0.5, 0.6) is 0 Å². The molecule has 0 spiro atoms. The summed E-state index contributed by atoms with van der Waals surface area (Å²) in [6, 6.07) is 3.46. The lowest BCUT2D eigenvalue weighted by Gasteiger charge is -2.20. The number of halogens is 2. The van der Waals surface area contributed by atoms with Crippen LogP contribution in [0.1, 0.15) is 19.4 Å². The molecule has 1 aromatic carbocycles. The largest absolute Gasteiger partial charge is 0.381 e. The number of H-pyrrole nitrogens is 1. The van der Waals surface area contributed by atoms with E-state index in [-0.39, 0.29) is 11.9 Å². The molecule has 1 aliphatic heterocycles. The average Bonchev–Trinajstić information content (AvgIpc) is 2.97. The Hall–Kier alpha value is -0.720. The second kappa shape index (κ2) is 5.00. The van der Waals surface area contributed by atoms with Crippen molar-refractivity contribution in [3.63, 3.8) is 0 Å². The first-order chi connectivity index (χ1) is 9.08. The van der Waals surface area contributed by atoms with Crippen LogP contribution in [-0.4, -0.2) is 22.8 Å². The molecule has 2 unspecified atom stereocenters. The number of fused-ring (bicyclic) bond motifs is 1. The maximum Gasteiger partial charge on any atom is 0.178 e. The van der Waals surface area contributed by atoms with E-state index in [1.807, 2.05) is 4.57 Å². The number of aromatic nitrogens is 2. The van der Waals surface area contributed by atoms with Crippen molar-refractivity contribution in [3.05, 3.63) is 27.2 Å². The summed E-state index contributed by atoms with van der Waals surface area (Å²) in [5, 5.41) is 0. The molecule has 0 radical (unpaired) electrons. The van der Waals surface area contributed by atoms with E-state index in [1.54, 1.807) is 6.07 Å². The molecule has 1 aromatic heterocycles. The van der Waals surface area contributed by atoms with Gasteiger partial charge in [-0.2, -0.15) is 0 Å². The first-order valence-electron chi connectivity index (χ1n) is 6.25. The summed E-state index contributed by atoms with van der Waals surface area (Å²) in [7, 11) is 0. The molecule has 2 atom stereocenters. The zero-order valence-electron chi connectivity index (χ0n) is 10.5. The predicted octanol–water partition coefficient (Wildman–Crippen LogP) is 4.20. The molecule has 1 N–H and O–H groups in total. The number of nitrogens with zero attached hydrogens (tertiary/aromatic N) is 1. The van der Waals surface area contributed by atoms with Crippen molar-refractivity contribution in [2.24, 2.45) is 5.92 Å². The van der Waals surface area contributed by atoms with Crippen LogP contribution in [-0.2, 0) is 4.74 Å². The van der Waals surface area contributed by atoms with E-state index in [2.05, 4.69) is 27.8 Å². The van der Waals surface area contributed by atoms with Gasteiger partial charge in [0.1, 0.15) is 5.82 Å². The van der Waals surface area contributed by atoms with Crippen molar-refractivity contribution < 1.29 is 9.13 Å².